The average Bonchev–Trinajstić information content (AvgIpc) is 2.81. The number of carbonyl (C=O) groups is 1. The Kier molecular flexibility index (Phi) is 2.67. The molecule has 0 saturated carbocycles. The lowest BCUT2D eigenvalue weighted by atomic mass is 10.1. The third-order valence-corrected chi connectivity index (χ3v) is 3.24. The fraction of sp³-hybridized carbons (Fsp3) is 0.143. The maximum absolute atomic E-state index is 13.6. The molecule has 1 aliphatic heterocycles. The predicted octanol–water partition coefficient (Wildman–Crippen LogP) is 1.96. The van der Waals surface area contributed by atoms with Crippen molar-refractivity contribution in [2.75, 3.05) is 5.73 Å². The monoisotopic (exact) mass is 257 g/mol. The Morgan fingerprint density at radius 2 is 2.05 bits per heavy atom. The number of halogens is 1. The summed E-state index contributed by atoms with van der Waals surface area (Å²) in [6, 6.07) is 6.96. The quantitative estimate of drug-likeness (QED) is 0.794. The van der Waals surface area contributed by atoms with Crippen LogP contribution in [-0.4, -0.2) is 15.8 Å². The van der Waals surface area contributed by atoms with Crippen molar-refractivity contribution in [1.82, 2.24) is 9.88 Å². The number of carbonyl (C=O) groups excluding carboxylic acids is 1. The lowest BCUT2D eigenvalue weighted by Gasteiger charge is -2.15. The second kappa shape index (κ2) is 4.35. The predicted molar refractivity (Wildman–Crippen MR) is 68.6 cm³/mol. The Balaban J connectivity index is 1.87. The van der Waals surface area contributed by atoms with Gasteiger partial charge in [-0.25, -0.2) is 4.39 Å². The van der Waals surface area contributed by atoms with E-state index < -0.39 is 5.82 Å². The van der Waals surface area contributed by atoms with E-state index in [1.807, 2.05) is 12.1 Å². The zero-order chi connectivity index (χ0) is 13.4. The number of anilines is 1. The number of aromatic nitrogens is 1. The smallest absolute Gasteiger partial charge is 0.257 e. The topological polar surface area (TPSA) is 59.2 Å². The summed E-state index contributed by atoms with van der Waals surface area (Å²) in [6.45, 7) is 0.942. The first-order valence-corrected chi connectivity index (χ1v) is 5.91. The molecule has 0 aliphatic carbocycles. The molecule has 2 heterocycles. The van der Waals surface area contributed by atoms with Gasteiger partial charge in [-0.2, -0.15) is 0 Å². The molecular weight excluding hydrogens is 245 g/mol. The van der Waals surface area contributed by atoms with Gasteiger partial charge >= 0.3 is 0 Å². The van der Waals surface area contributed by atoms with Crippen molar-refractivity contribution < 1.29 is 9.18 Å². The molecule has 1 aromatic heterocycles. The summed E-state index contributed by atoms with van der Waals surface area (Å²) in [5.74, 6) is -0.919. The second-order valence-electron chi connectivity index (χ2n) is 4.54. The first kappa shape index (κ1) is 11.6. The van der Waals surface area contributed by atoms with E-state index in [9.17, 15) is 9.18 Å². The van der Waals surface area contributed by atoms with Crippen LogP contribution in [0, 0.1) is 5.82 Å². The molecule has 1 aliphatic rings. The number of nitrogens with zero attached hydrogens (tertiary/aromatic N) is 2. The summed E-state index contributed by atoms with van der Waals surface area (Å²) in [7, 11) is 0. The number of nitrogens with two attached hydrogens (primary N) is 1. The summed E-state index contributed by atoms with van der Waals surface area (Å²) in [6.07, 6.45) is 2.46. The zero-order valence-electron chi connectivity index (χ0n) is 10.1. The SMILES string of the molecule is Nc1ccc2c(c1)CN(C(=O)c1ccncc1F)C2. The molecule has 0 radical (unpaired) electrons. The summed E-state index contributed by atoms with van der Waals surface area (Å²) in [5.41, 5.74) is 8.51. The molecule has 0 fully saturated rings. The lowest BCUT2D eigenvalue weighted by Crippen LogP contribution is -2.26. The summed E-state index contributed by atoms with van der Waals surface area (Å²) in [4.78, 5) is 17.5. The van der Waals surface area contributed by atoms with E-state index >= 15 is 0 Å². The van der Waals surface area contributed by atoms with Crippen LogP contribution in [0.3, 0.4) is 0 Å². The van der Waals surface area contributed by atoms with Gasteiger partial charge in [-0.15, -0.1) is 0 Å². The number of amides is 1. The Bertz CT molecular complexity index is 657. The van der Waals surface area contributed by atoms with Crippen LogP contribution in [0.4, 0.5) is 10.1 Å². The average molecular weight is 257 g/mol. The molecule has 1 amide bonds. The highest BCUT2D eigenvalue weighted by Gasteiger charge is 2.25. The summed E-state index contributed by atoms with van der Waals surface area (Å²) < 4.78 is 13.6. The second-order valence-corrected chi connectivity index (χ2v) is 4.54. The highest BCUT2D eigenvalue weighted by molar-refractivity contribution is 5.94. The van der Waals surface area contributed by atoms with Crippen LogP contribution in [0.1, 0.15) is 21.5 Å². The lowest BCUT2D eigenvalue weighted by molar-refractivity contribution is 0.0746. The molecule has 1 aromatic carbocycles. The maximum atomic E-state index is 13.6. The first-order chi connectivity index (χ1) is 9.15. The van der Waals surface area contributed by atoms with E-state index in [1.165, 1.54) is 12.3 Å². The van der Waals surface area contributed by atoms with Crippen molar-refractivity contribution in [3.63, 3.8) is 0 Å². The van der Waals surface area contributed by atoms with Gasteiger partial charge in [-0.05, 0) is 29.3 Å². The largest absolute Gasteiger partial charge is 0.399 e. The van der Waals surface area contributed by atoms with Crippen LogP contribution in [0.25, 0.3) is 0 Å². The maximum Gasteiger partial charge on any atom is 0.257 e. The van der Waals surface area contributed by atoms with Crippen LogP contribution in [0.5, 0.6) is 0 Å². The Morgan fingerprint density at radius 1 is 1.26 bits per heavy atom. The molecule has 0 bridgehead atoms. The summed E-state index contributed by atoms with van der Waals surface area (Å²) >= 11 is 0. The minimum atomic E-state index is -0.594. The zero-order valence-corrected chi connectivity index (χ0v) is 10.1. The molecule has 0 atom stereocenters. The molecule has 0 unspecified atom stereocenters. The van der Waals surface area contributed by atoms with Gasteiger partial charge in [0, 0.05) is 25.0 Å². The fourth-order valence-electron chi connectivity index (χ4n) is 2.28. The van der Waals surface area contributed by atoms with E-state index in [-0.39, 0.29) is 11.5 Å². The highest BCUT2D eigenvalue weighted by atomic mass is 19.1. The van der Waals surface area contributed by atoms with Gasteiger partial charge in [0.15, 0.2) is 5.82 Å². The van der Waals surface area contributed by atoms with Gasteiger partial charge in [0.1, 0.15) is 0 Å². The minimum Gasteiger partial charge on any atom is -0.399 e. The van der Waals surface area contributed by atoms with Crippen molar-refractivity contribution >= 4 is 11.6 Å². The van der Waals surface area contributed by atoms with Crippen molar-refractivity contribution in [2.24, 2.45) is 0 Å². The third kappa shape index (κ3) is 2.03. The minimum absolute atomic E-state index is 0.0516. The molecule has 4 nitrogen and oxygen atoms in total. The van der Waals surface area contributed by atoms with Gasteiger partial charge < -0.3 is 10.6 Å². The molecule has 19 heavy (non-hydrogen) atoms. The van der Waals surface area contributed by atoms with Gasteiger partial charge in [0.2, 0.25) is 0 Å². The van der Waals surface area contributed by atoms with Gasteiger partial charge in [-0.1, -0.05) is 6.07 Å². The molecule has 3 rings (SSSR count). The Labute approximate surface area is 109 Å². The fourth-order valence-corrected chi connectivity index (χ4v) is 2.28. The molecule has 0 saturated heterocycles. The molecule has 5 heteroatoms. The number of pyridine rings is 1. The molecule has 2 N–H and O–H groups in total. The molecular formula is C14H12FN3O. The van der Waals surface area contributed by atoms with Crippen molar-refractivity contribution in [1.29, 1.82) is 0 Å². The number of hydrogen-bond acceptors (Lipinski definition) is 3. The number of hydrogen-bond donors (Lipinski definition) is 1. The van der Waals surface area contributed by atoms with Gasteiger partial charge in [-0.3, -0.25) is 9.78 Å². The third-order valence-electron chi connectivity index (χ3n) is 3.24. The van der Waals surface area contributed by atoms with E-state index in [1.54, 1.807) is 11.0 Å². The van der Waals surface area contributed by atoms with Crippen molar-refractivity contribution in [2.45, 2.75) is 13.1 Å². The van der Waals surface area contributed by atoms with Crippen LogP contribution >= 0.6 is 0 Å². The van der Waals surface area contributed by atoms with Crippen LogP contribution in [0.15, 0.2) is 36.7 Å². The Hall–Kier alpha value is -2.43. The number of fused-ring (bicyclic) bond motifs is 1. The Morgan fingerprint density at radius 3 is 2.84 bits per heavy atom. The van der Waals surface area contributed by atoms with E-state index in [0.717, 1.165) is 17.3 Å². The van der Waals surface area contributed by atoms with Crippen molar-refractivity contribution in [3.8, 4) is 0 Å². The van der Waals surface area contributed by atoms with Crippen molar-refractivity contribution in [3.05, 3.63) is 59.2 Å². The first-order valence-electron chi connectivity index (χ1n) is 5.91. The number of nitrogen functional groups attached to an aromatic ring is 1. The normalized spacial score (nSPS) is 13.4. The van der Waals surface area contributed by atoms with Gasteiger partial charge in [0.05, 0.1) is 11.8 Å². The number of rotatable bonds is 1. The van der Waals surface area contributed by atoms with E-state index in [4.69, 9.17) is 5.73 Å². The standard InChI is InChI=1S/C14H12FN3O/c15-13-6-17-4-3-12(13)14(19)18-7-9-1-2-11(16)5-10(9)8-18/h1-6H,7-8,16H2. The summed E-state index contributed by atoms with van der Waals surface area (Å²) in [5, 5.41) is 0. The molecule has 96 valence electrons. The van der Waals surface area contributed by atoms with Gasteiger partial charge in [0.25, 0.3) is 5.91 Å². The van der Waals surface area contributed by atoms with Crippen LogP contribution < -0.4 is 5.73 Å². The highest BCUT2D eigenvalue weighted by Crippen LogP contribution is 2.26. The number of benzene rings is 1. The molecule has 2 aromatic rings. The van der Waals surface area contributed by atoms with E-state index in [2.05, 4.69) is 4.98 Å². The van der Waals surface area contributed by atoms with Crippen LogP contribution in [-0.2, 0) is 13.1 Å². The van der Waals surface area contributed by atoms with E-state index in [0.29, 0.717) is 18.8 Å². The molecule has 0 spiro atoms. The van der Waals surface area contributed by atoms with Crippen LogP contribution in [0.2, 0.25) is 0 Å².